The Kier molecular flexibility index (Phi) is 7.31. The number of ether oxygens (including phenoxy) is 2. The van der Waals surface area contributed by atoms with E-state index in [1.54, 1.807) is 44.2 Å². The van der Waals surface area contributed by atoms with Gasteiger partial charge in [-0.05, 0) is 30.2 Å². The number of carbonyl (C=O) groups is 2. The van der Waals surface area contributed by atoms with Crippen molar-refractivity contribution in [1.29, 1.82) is 0 Å². The third kappa shape index (κ3) is 5.67. The first-order chi connectivity index (χ1) is 13.3. The van der Waals surface area contributed by atoms with Crippen LogP contribution in [-0.4, -0.2) is 31.6 Å². The summed E-state index contributed by atoms with van der Waals surface area (Å²) < 4.78 is 34.5. The van der Waals surface area contributed by atoms with E-state index in [0.29, 0.717) is 5.56 Å². The van der Waals surface area contributed by atoms with Crippen LogP contribution in [0.4, 0.5) is 14.5 Å². The zero-order valence-electron chi connectivity index (χ0n) is 15.7. The zero-order chi connectivity index (χ0) is 20.7. The van der Waals surface area contributed by atoms with E-state index in [2.05, 4.69) is 15.4 Å². The molecule has 8 heteroatoms. The smallest absolute Gasteiger partial charge is 0.387 e. The van der Waals surface area contributed by atoms with E-state index < -0.39 is 18.6 Å². The number of benzene rings is 2. The molecular weight excluding hydrogens is 370 g/mol. The largest absolute Gasteiger partial charge is 0.493 e. The summed E-state index contributed by atoms with van der Waals surface area (Å²) in [5.41, 5.74) is 0.666. The molecule has 2 rings (SSSR count). The standard InChI is InChI=1S/C20H22F2N2O4/c1-12(2)17(24-18(25)13-7-5-4-6-8-13)19(26)23-14-9-10-15(27-3)16(11-14)28-20(21)22/h4-12,17,20H,1-3H3,(H,23,26)(H,24,25). The fraction of sp³-hybridized carbons (Fsp3) is 0.300. The number of hydrogen-bond donors (Lipinski definition) is 2. The summed E-state index contributed by atoms with van der Waals surface area (Å²) in [5, 5.41) is 5.31. The Morgan fingerprint density at radius 2 is 1.68 bits per heavy atom. The molecule has 150 valence electrons. The van der Waals surface area contributed by atoms with E-state index in [4.69, 9.17) is 4.74 Å². The second-order valence-electron chi connectivity index (χ2n) is 6.29. The maximum Gasteiger partial charge on any atom is 0.387 e. The third-order valence-electron chi connectivity index (χ3n) is 3.92. The zero-order valence-corrected chi connectivity index (χ0v) is 15.7. The summed E-state index contributed by atoms with van der Waals surface area (Å²) in [6, 6.07) is 11.8. The van der Waals surface area contributed by atoms with Crippen molar-refractivity contribution < 1.29 is 27.8 Å². The van der Waals surface area contributed by atoms with Gasteiger partial charge in [-0.25, -0.2) is 0 Å². The first-order valence-corrected chi connectivity index (χ1v) is 8.61. The molecule has 0 saturated heterocycles. The number of anilines is 1. The molecule has 0 aliphatic rings. The summed E-state index contributed by atoms with van der Waals surface area (Å²) in [4.78, 5) is 25.0. The minimum Gasteiger partial charge on any atom is -0.493 e. The van der Waals surface area contributed by atoms with E-state index in [1.165, 1.54) is 25.3 Å². The van der Waals surface area contributed by atoms with E-state index in [0.717, 1.165) is 0 Å². The molecule has 0 bridgehead atoms. The van der Waals surface area contributed by atoms with Crippen LogP contribution in [-0.2, 0) is 4.79 Å². The van der Waals surface area contributed by atoms with Gasteiger partial charge in [-0.1, -0.05) is 32.0 Å². The number of alkyl halides is 2. The highest BCUT2D eigenvalue weighted by atomic mass is 19.3. The van der Waals surface area contributed by atoms with Crippen LogP contribution in [0.1, 0.15) is 24.2 Å². The monoisotopic (exact) mass is 392 g/mol. The molecule has 1 atom stereocenters. The van der Waals surface area contributed by atoms with Gasteiger partial charge >= 0.3 is 6.61 Å². The Balaban J connectivity index is 2.14. The van der Waals surface area contributed by atoms with Crippen molar-refractivity contribution in [2.45, 2.75) is 26.5 Å². The third-order valence-corrected chi connectivity index (χ3v) is 3.92. The van der Waals surface area contributed by atoms with Crippen molar-refractivity contribution in [2.75, 3.05) is 12.4 Å². The summed E-state index contributed by atoms with van der Waals surface area (Å²) >= 11 is 0. The van der Waals surface area contributed by atoms with Crippen LogP contribution >= 0.6 is 0 Å². The van der Waals surface area contributed by atoms with Crippen LogP contribution < -0.4 is 20.1 Å². The molecule has 2 amide bonds. The first-order valence-electron chi connectivity index (χ1n) is 8.61. The van der Waals surface area contributed by atoms with E-state index >= 15 is 0 Å². The second kappa shape index (κ2) is 9.68. The van der Waals surface area contributed by atoms with Gasteiger partial charge in [-0.3, -0.25) is 9.59 Å². The van der Waals surface area contributed by atoms with Crippen molar-refractivity contribution in [2.24, 2.45) is 5.92 Å². The average molecular weight is 392 g/mol. The quantitative estimate of drug-likeness (QED) is 0.718. The molecule has 1 unspecified atom stereocenters. The SMILES string of the molecule is COc1ccc(NC(=O)C(NC(=O)c2ccccc2)C(C)C)cc1OC(F)F. The van der Waals surface area contributed by atoms with Gasteiger partial charge in [0.05, 0.1) is 7.11 Å². The van der Waals surface area contributed by atoms with E-state index in [9.17, 15) is 18.4 Å². The molecule has 2 aromatic rings. The van der Waals surface area contributed by atoms with Crippen LogP contribution in [0.2, 0.25) is 0 Å². The molecule has 2 N–H and O–H groups in total. The fourth-order valence-corrected chi connectivity index (χ4v) is 2.51. The lowest BCUT2D eigenvalue weighted by Crippen LogP contribution is -2.47. The maximum absolute atomic E-state index is 12.7. The Morgan fingerprint density at radius 1 is 1.00 bits per heavy atom. The number of amides is 2. The second-order valence-corrected chi connectivity index (χ2v) is 6.29. The number of methoxy groups -OCH3 is 1. The Morgan fingerprint density at radius 3 is 2.25 bits per heavy atom. The number of nitrogens with one attached hydrogen (secondary N) is 2. The maximum atomic E-state index is 12.7. The predicted octanol–water partition coefficient (Wildman–Crippen LogP) is 3.69. The lowest BCUT2D eigenvalue weighted by atomic mass is 10.0. The van der Waals surface area contributed by atoms with Crippen molar-refractivity contribution in [3.05, 3.63) is 54.1 Å². The van der Waals surface area contributed by atoms with Crippen molar-refractivity contribution in [3.8, 4) is 11.5 Å². The van der Waals surface area contributed by atoms with Gasteiger partial charge in [0.2, 0.25) is 5.91 Å². The molecule has 0 heterocycles. The summed E-state index contributed by atoms with van der Waals surface area (Å²) in [7, 11) is 1.32. The summed E-state index contributed by atoms with van der Waals surface area (Å²) in [5.74, 6) is -1.16. The molecule has 0 saturated carbocycles. The van der Waals surface area contributed by atoms with Crippen LogP contribution in [0.15, 0.2) is 48.5 Å². The summed E-state index contributed by atoms with van der Waals surface area (Å²) in [6.07, 6.45) is 0. The molecule has 0 aliphatic heterocycles. The van der Waals surface area contributed by atoms with Gasteiger partial charge in [0.15, 0.2) is 11.5 Å². The van der Waals surface area contributed by atoms with Gasteiger partial charge < -0.3 is 20.1 Å². The Bertz CT molecular complexity index is 813. The van der Waals surface area contributed by atoms with Gasteiger partial charge in [0.1, 0.15) is 6.04 Å². The van der Waals surface area contributed by atoms with Gasteiger partial charge in [-0.2, -0.15) is 8.78 Å². The topological polar surface area (TPSA) is 76.7 Å². The van der Waals surface area contributed by atoms with Crippen LogP contribution in [0.3, 0.4) is 0 Å². The molecule has 0 spiro atoms. The normalized spacial score (nSPS) is 11.8. The van der Waals surface area contributed by atoms with Crippen molar-refractivity contribution >= 4 is 17.5 Å². The van der Waals surface area contributed by atoms with Crippen LogP contribution in [0.5, 0.6) is 11.5 Å². The first kappa shape index (κ1) is 21.1. The molecule has 0 radical (unpaired) electrons. The molecule has 28 heavy (non-hydrogen) atoms. The van der Waals surface area contributed by atoms with Gasteiger partial charge in [0, 0.05) is 17.3 Å². The number of carbonyl (C=O) groups excluding carboxylic acids is 2. The number of halogens is 2. The highest BCUT2D eigenvalue weighted by molar-refractivity contribution is 6.01. The van der Waals surface area contributed by atoms with Crippen LogP contribution in [0.25, 0.3) is 0 Å². The molecule has 0 fully saturated rings. The van der Waals surface area contributed by atoms with Crippen LogP contribution in [0, 0.1) is 5.92 Å². The lowest BCUT2D eigenvalue weighted by molar-refractivity contribution is -0.118. The minimum absolute atomic E-state index is 0.107. The average Bonchev–Trinajstić information content (AvgIpc) is 2.66. The Hall–Kier alpha value is -3.16. The van der Waals surface area contributed by atoms with E-state index in [-0.39, 0.29) is 29.0 Å². The molecule has 0 aliphatic carbocycles. The van der Waals surface area contributed by atoms with Crippen molar-refractivity contribution in [3.63, 3.8) is 0 Å². The van der Waals surface area contributed by atoms with E-state index in [1.807, 2.05) is 0 Å². The highest BCUT2D eigenvalue weighted by Crippen LogP contribution is 2.31. The molecule has 2 aromatic carbocycles. The van der Waals surface area contributed by atoms with Gasteiger partial charge in [-0.15, -0.1) is 0 Å². The molecular formula is C20H22F2N2O4. The number of rotatable bonds is 8. The Labute approximate surface area is 161 Å². The van der Waals surface area contributed by atoms with Gasteiger partial charge in [0.25, 0.3) is 5.91 Å². The minimum atomic E-state index is -3.03. The van der Waals surface area contributed by atoms with Crippen molar-refractivity contribution in [1.82, 2.24) is 5.32 Å². The fourth-order valence-electron chi connectivity index (χ4n) is 2.51. The molecule has 6 nitrogen and oxygen atoms in total. The highest BCUT2D eigenvalue weighted by Gasteiger charge is 2.25. The molecule has 0 aromatic heterocycles. The predicted molar refractivity (Wildman–Crippen MR) is 101 cm³/mol. The lowest BCUT2D eigenvalue weighted by Gasteiger charge is -2.22. The number of hydrogen-bond acceptors (Lipinski definition) is 4. The summed E-state index contributed by atoms with van der Waals surface area (Å²) in [6.45, 7) is 0.539.